The Morgan fingerprint density at radius 3 is 2.56 bits per heavy atom. The molecule has 9 nitrogen and oxygen atoms in total. The molecule has 0 bridgehead atoms. The van der Waals surface area contributed by atoms with Crippen LogP contribution in [0.4, 0.5) is 5.69 Å². The van der Waals surface area contributed by atoms with Gasteiger partial charge in [0.05, 0.1) is 11.3 Å². The number of hydrogen-bond acceptors (Lipinski definition) is 7. The minimum Gasteiger partial charge on any atom is -0.322 e. The molecule has 2 aromatic heterocycles. The number of amides is 1. The van der Waals surface area contributed by atoms with Crippen LogP contribution in [0, 0.1) is 0 Å². The van der Waals surface area contributed by atoms with E-state index in [1.807, 2.05) is 41.9 Å². The first-order chi connectivity index (χ1) is 13.2. The van der Waals surface area contributed by atoms with E-state index in [-0.39, 0.29) is 5.91 Å². The van der Waals surface area contributed by atoms with Crippen molar-refractivity contribution in [3.63, 3.8) is 0 Å². The zero-order valence-corrected chi connectivity index (χ0v) is 15.0. The highest BCUT2D eigenvalue weighted by Crippen LogP contribution is 2.26. The molecular formula is C17H14N8OS. The SMILES string of the molecule is Cn1cnnc1Sc1ccc(NC(=O)c2ccccc2-n2cnnn2)cc1. The lowest BCUT2D eigenvalue weighted by molar-refractivity contribution is 0.102. The second kappa shape index (κ2) is 7.38. The number of aryl methyl sites for hydroxylation is 1. The molecule has 0 saturated carbocycles. The molecule has 0 saturated heterocycles. The zero-order chi connectivity index (χ0) is 18.6. The lowest BCUT2D eigenvalue weighted by Crippen LogP contribution is -2.15. The van der Waals surface area contributed by atoms with E-state index in [0.29, 0.717) is 16.9 Å². The van der Waals surface area contributed by atoms with E-state index >= 15 is 0 Å². The Morgan fingerprint density at radius 1 is 1.04 bits per heavy atom. The van der Waals surface area contributed by atoms with Crippen LogP contribution in [0.15, 0.2) is 71.2 Å². The summed E-state index contributed by atoms with van der Waals surface area (Å²) >= 11 is 1.50. The highest BCUT2D eigenvalue weighted by Gasteiger charge is 2.13. The molecule has 2 heterocycles. The number of hydrogen-bond donors (Lipinski definition) is 1. The van der Waals surface area contributed by atoms with E-state index in [2.05, 4.69) is 31.0 Å². The van der Waals surface area contributed by atoms with Crippen LogP contribution in [0.1, 0.15) is 10.4 Å². The van der Waals surface area contributed by atoms with Crippen molar-refractivity contribution in [2.24, 2.45) is 7.05 Å². The van der Waals surface area contributed by atoms with E-state index in [1.165, 1.54) is 22.8 Å². The van der Waals surface area contributed by atoms with Gasteiger partial charge in [-0.2, -0.15) is 4.68 Å². The standard InChI is InChI=1S/C17H14N8OS/c1-24-10-18-21-17(24)27-13-8-6-12(7-9-13)20-16(26)14-4-2-3-5-15(14)25-11-19-22-23-25/h2-11H,1H3,(H,20,26). The maximum atomic E-state index is 12.7. The Kier molecular flexibility index (Phi) is 4.62. The number of para-hydroxylation sites is 1. The summed E-state index contributed by atoms with van der Waals surface area (Å²) in [5, 5.41) is 22.7. The van der Waals surface area contributed by atoms with Crippen LogP contribution >= 0.6 is 11.8 Å². The molecule has 4 aromatic rings. The van der Waals surface area contributed by atoms with Crippen LogP contribution in [0.5, 0.6) is 0 Å². The molecule has 4 rings (SSSR count). The third kappa shape index (κ3) is 3.70. The van der Waals surface area contributed by atoms with Crippen molar-refractivity contribution in [3.8, 4) is 5.69 Å². The minimum absolute atomic E-state index is 0.241. The molecule has 1 N–H and O–H groups in total. The molecule has 0 aliphatic heterocycles. The number of aromatic nitrogens is 7. The Hall–Kier alpha value is -3.53. The van der Waals surface area contributed by atoms with Crippen LogP contribution in [0.2, 0.25) is 0 Å². The van der Waals surface area contributed by atoms with Gasteiger partial charge in [-0.15, -0.1) is 15.3 Å². The van der Waals surface area contributed by atoms with E-state index in [1.54, 1.807) is 24.5 Å². The average molecular weight is 378 g/mol. The summed E-state index contributed by atoms with van der Waals surface area (Å²) in [6.07, 6.45) is 3.10. The Labute approximate surface area is 158 Å². The lowest BCUT2D eigenvalue weighted by Gasteiger charge is -2.10. The topological polar surface area (TPSA) is 103 Å². The van der Waals surface area contributed by atoms with Gasteiger partial charge in [-0.1, -0.05) is 12.1 Å². The maximum absolute atomic E-state index is 12.7. The van der Waals surface area contributed by atoms with Crippen LogP contribution in [0.25, 0.3) is 5.69 Å². The molecule has 0 fully saturated rings. The summed E-state index contributed by atoms with van der Waals surface area (Å²) in [7, 11) is 1.89. The number of nitrogens with zero attached hydrogens (tertiary/aromatic N) is 7. The van der Waals surface area contributed by atoms with Crippen molar-refractivity contribution in [1.29, 1.82) is 0 Å². The van der Waals surface area contributed by atoms with E-state index < -0.39 is 0 Å². The lowest BCUT2D eigenvalue weighted by atomic mass is 10.1. The van der Waals surface area contributed by atoms with Crippen LogP contribution in [-0.4, -0.2) is 40.9 Å². The van der Waals surface area contributed by atoms with E-state index in [0.717, 1.165) is 10.1 Å². The normalized spacial score (nSPS) is 10.7. The average Bonchev–Trinajstić information content (AvgIpc) is 3.36. The molecule has 10 heteroatoms. The molecule has 0 unspecified atom stereocenters. The first kappa shape index (κ1) is 16.9. The van der Waals surface area contributed by atoms with Crippen molar-refractivity contribution in [3.05, 3.63) is 66.7 Å². The minimum atomic E-state index is -0.241. The third-order valence-corrected chi connectivity index (χ3v) is 4.80. The van der Waals surface area contributed by atoms with Crippen molar-refractivity contribution in [2.75, 3.05) is 5.32 Å². The number of nitrogens with one attached hydrogen (secondary N) is 1. The second-order valence-corrected chi connectivity index (χ2v) is 6.62. The van der Waals surface area contributed by atoms with Crippen molar-refractivity contribution < 1.29 is 4.79 Å². The second-order valence-electron chi connectivity index (χ2n) is 5.58. The summed E-state index contributed by atoms with van der Waals surface area (Å²) in [5.41, 5.74) is 1.77. The molecular weight excluding hydrogens is 364 g/mol. The Morgan fingerprint density at radius 2 is 1.85 bits per heavy atom. The van der Waals surface area contributed by atoms with Gasteiger partial charge in [0.1, 0.15) is 12.7 Å². The number of tetrazole rings is 1. The molecule has 1 amide bonds. The smallest absolute Gasteiger partial charge is 0.257 e. The number of rotatable bonds is 5. The third-order valence-electron chi connectivity index (χ3n) is 3.74. The first-order valence-corrected chi connectivity index (χ1v) is 8.78. The van der Waals surface area contributed by atoms with E-state index in [9.17, 15) is 4.79 Å². The van der Waals surface area contributed by atoms with Gasteiger partial charge < -0.3 is 9.88 Å². The summed E-state index contributed by atoms with van der Waals surface area (Å²) in [6.45, 7) is 0. The predicted molar refractivity (Wildman–Crippen MR) is 98.7 cm³/mol. The molecule has 27 heavy (non-hydrogen) atoms. The molecule has 0 aliphatic carbocycles. The number of benzene rings is 2. The van der Waals surface area contributed by atoms with Gasteiger partial charge in [0, 0.05) is 17.6 Å². The molecule has 0 aliphatic rings. The monoisotopic (exact) mass is 378 g/mol. The maximum Gasteiger partial charge on any atom is 0.257 e. The molecule has 0 spiro atoms. The highest BCUT2D eigenvalue weighted by molar-refractivity contribution is 7.99. The number of carbonyl (C=O) groups is 1. The van der Waals surface area contributed by atoms with Crippen LogP contribution in [-0.2, 0) is 7.05 Å². The quantitative estimate of drug-likeness (QED) is 0.568. The molecule has 134 valence electrons. The fourth-order valence-electron chi connectivity index (χ4n) is 2.41. The van der Waals surface area contributed by atoms with Crippen molar-refractivity contribution >= 4 is 23.4 Å². The van der Waals surface area contributed by atoms with Gasteiger partial charge in [0.2, 0.25) is 0 Å². The Bertz CT molecular complexity index is 1060. The summed E-state index contributed by atoms with van der Waals surface area (Å²) in [5.74, 6) is -0.241. The summed E-state index contributed by atoms with van der Waals surface area (Å²) in [6, 6.07) is 14.7. The fraction of sp³-hybridized carbons (Fsp3) is 0.0588. The molecule has 0 radical (unpaired) electrons. The summed E-state index contributed by atoms with van der Waals surface area (Å²) in [4.78, 5) is 13.7. The van der Waals surface area contributed by atoms with Crippen LogP contribution in [0.3, 0.4) is 0 Å². The number of anilines is 1. The van der Waals surface area contributed by atoms with Gasteiger partial charge in [-0.05, 0) is 58.6 Å². The fourth-order valence-corrected chi connectivity index (χ4v) is 3.17. The van der Waals surface area contributed by atoms with Gasteiger partial charge in [-0.3, -0.25) is 4.79 Å². The van der Waals surface area contributed by atoms with Gasteiger partial charge in [-0.25, -0.2) is 0 Å². The van der Waals surface area contributed by atoms with Gasteiger partial charge >= 0.3 is 0 Å². The van der Waals surface area contributed by atoms with E-state index in [4.69, 9.17) is 0 Å². The highest BCUT2D eigenvalue weighted by atomic mass is 32.2. The largest absolute Gasteiger partial charge is 0.322 e. The van der Waals surface area contributed by atoms with Crippen molar-refractivity contribution in [2.45, 2.75) is 10.1 Å². The Balaban J connectivity index is 1.50. The van der Waals surface area contributed by atoms with Gasteiger partial charge in [0.25, 0.3) is 5.91 Å². The van der Waals surface area contributed by atoms with Crippen LogP contribution < -0.4 is 5.32 Å². The zero-order valence-electron chi connectivity index (χ0n) is 14.2. The van der Waals surface area contributed by atoms with Gasteiger partial charge in [0.15, 0.2) is 5.16 Å². The first-order valence-electron chi connectivity index (χ1n) is 7.96. The molecule has 0 atom stereocenters. The summed E-state index contributed by atoms with van der Waals surface area (Å²) < 4.78 is 3.30. The number of carbonyl (C=O) groups excluding carboxylic acids is 1. The predicted octanol–water partition coefficient (Wildman–Crippen LogP) is 2.19. The molecule has 2 aromatic carbocycles. The van der Waals surface area contributed by atoms with Crippen molar-refractivity contribution in [1.82, 2.24) is 35.0 Å².